The molecule has 1 nitrogen and oxygen atoms in total. The average Bonchev–Trinajstić information content (AvgIpc) is 2.23. The normalized spacial score (nSPS) is 10.3. The van der Waals surface area contributed by atoms with Crippen molar-refractivity contribution in [3.8, 4) is 5.75 Å². The van der Waals surface area contributed by atoms with Crippen LogP contribution in [0.4, 0.5) is 0 Å². The molecule has 1 rings (SSSR count). The lowest BCUT2D eigenvalue weighted by Gasteiger charge is -2.07. The van der Waals surface area contributed by atoms with Crippen LogP contribution in [0.1, 0.15) is 38.7 Å². The van der Waals surface area contributed by atoms with Gasteiger partial charge in [0.15, 0.2) is 0 Å². The molecule has 0 unspecified atom stereocenters. The van der Waals surface area contributed by atoms with Gasteiger partial charge in [-0.15, -0.1) is 0 Å². The first kappa shape index (κ1) is 12.6. The van der Waals surface area contributed by atoms with Crippen LogP contribution in [0.5, 0.6) is 5.75 Å². The van der Waals surface area contributed by atoms with Gasteiger partial charge >= 0.3 is 0 Å². The lowest BCUT2D eigenvalue weighted by Crippen LogP contribution is -1.93. The molecule has 0 aliphatic heterocycles. The van der Waals surface area contributed by atoms with Crippen LogP contribution in [0, 0.1) is 0 Å². The van der Waals surface area contributed by atoms with Crippen LogP contribution in [0.2, 0.25) is 0 Å². The van der Waals surface area contributed by atoms with Gasteiger partial charge in [0.05, 0.1) is 11.1 Å². The van der Waals surface area contributed by atoms with E-state index in [4.69, 9.17) is 4.74 Å². The van der Waals surface area contributed by atoms with Crippen LogP contribution < -0.4 is 4.74 Å². The summed E-state index contributed by atoms with van der Waals surface area (Å²) in [6, 6.07) is 6.38. The Balaban J connectivity index is 2.56. The third kappa shape index (κ3) is 4.25. The molecule has 0 spiro atoms. The predicted molar refractivity (Wildman–Crippen MR) is 68.5 cm³/mol. The molecule has 0 bridgehead atoms. The van der Waals surface area contributed by atoms with Crippen molar-refractivity contribution >= 4 is 15.9 Å². The molecule has 0 heterocycles. The van der Waals surface area contributed by atoms with Gasteiger partial charge in [-0.1, -0.05) is 25.8 Å². The van der Waals surface area contributed by atoms with Gasteiger partial charge in [-0.25, -0.2) is 0 Å². The van der Waals surface area contributed by atoms with Gasteiger partial charge in [0.25, 0.3) is 0 Å². The highest BCUT2D eigenvalue weighted by atomic mass is 79.9. The van der Waals surface area contributed by atoms with Crippen molar-refractivity contribution in [1.29, 1.82) is 0 Å². The molecular formula is C13H19BrO. The topological polar surface area (TPSA) is 9.23 Å². The minimum absolute atomic E-state index is 0.716. The zero-order valence-electron chi connectivity index (χ0n) is 9.55. The Morgan fingerprint density at radius 3 is 2.60 bits per heavy atom. The van der Waals surface area contributed by atoms with Crippen molar-refractivity contribution < 1.29 is 4.74 Å². The molecule has 2 heteroatoms. The van der Waals surface area contributed by atoms with Gasteiger partial charge in [-0.2, -0.15) is 0 Å². The number of benzene rings is 1. The first-order valence-corrected chi connectivity index (χ1v) is 6.48. The van der Waals surface area contributed by atoms with Crippen LogP contribution in [-0.4, -0.2) is 6.61 Å². The van der Waals surface area contributed by atoms with E-state index < -0.39 is 0 Å². The number of hydrogen-bond acceptors (Lipinski definition) is 1. The molecule has 1 aromatic rings. The van der Waals surface area contributed by atoms with Crippen molar-refractivity contribution in [3.63, 3.8) is 0 Å². The molecule has 0 atom stereocenters. The average molecular weight is 271 g/mol. The largest absolute Gasteiger partial charge is 0.493 e. The third-order valence-corrected chi connectivity index (χ3v) is 2.98. The monoisotopic (exact) mass is 270 g/mol. The van der Waals surface area contributed by atoms with Crippen LogP contribution in [0.3, 0.4) is 0 Å². The fraction of sp³-hybridized carbons (Fsp3) is 0.538. The second kappa shape index (κ2) is 6.89. The molecule has 0 saturated heterocycles. The molecule has 0 saturated carbocycles. The fourth-order valence-corrected chi connectivity index (χ4v) is 2.09. The van der Waals surface area contributed by atoms with Gasteiger partial charge < -0.3 is 4.74 Å². The number of aryl methyl sites for hydroxylation is 1. The summed E-state index contributed by atoms with van der Waals surface area (Å²) >= 11 is 3.53. The predicted octanol–water partition coefficient (Wildman–Crippen LogP) is 4.58. The van der Waals surface area contributed by atoms with Crippen LogP contribution in [0.25, 0.3) is 0 Å². The maximum Gasteiger partial charge on any atom is 0.133 e. The van der Waals surface area contributed by atoms with Crippen molar-refractivity contribution in [2.45, 2.75) is 39.5 Å². The van der Waals surface area contributed by atoms with E-state index in [1.807, 2.05) is 6.92 Å². The number of halogens is 1. The first-order chi connectivity index (χ1) is 7.27. The van der Waals surface area contributed by atoms with Crippen LogP contribution >= 0.6 is 15.9 Å². The summed E-state index contributed by atoms with van der Waals surface area (Å²) < 4.78 is 6.54. The Hall–Kier alpha value is -0.500. The first-order valence-electron chi connectivity index (χ1n) is 5.69. The summed E-state index contributed by atoms with van der Waals surface area (Å²) in [4.78, 5) is 0. The van der Waals surface area contributed by atoms with Crippen molar-refractivity contribution in [2.75, 3.05) is 6.61 Å². The number of ether oxygens (including phenoxy) is 1. The van der Waals surface area contributed by atoms with E-state index in [-0.39, 0.29) is 0 Å². The Morgan fingerprint density at radius 1 is 1.20 bits per heavy atom. The second-order valence-electron chi connectivity index (χ2n) is 3.65. The lowest BCUT2D eigenvalue weighted by molar-refractivity contribution is 0.338. The standard InChI is InChI=1S/C13H19BrO/c1-3-5-6-7-11-8-9-13(15-4-2)12(14)10-11/h8-10H,3-7H2,1-2H3. The zero-order chi connectivity index (χ0) is 11.1. The SMILES string of the molecule is CCCCCc1ccc(OCC)c(Br)c1. The molecule has 0 aliphatic rings. The maximum atomic E-state index is 5.47. The highest BCUT2D eigenvalue weighted by Gasteiger charge is 2.01. The van der Waals surface area contributed by atoms with Crippen molar-refractivity contribution in [2.24, 2.45) is 0 Å². The summed E-state index contributed by atoms with van der Waals surface area (Å²) in [5.41, 5.74) is 1.39. The van der Waals surface area contributed by atoms with E-state index in [9.17, 15) is 0 Å². The Bertz CT molecular complexity index is 297. The Morgan fingerprint density at radius 2 is 2.00 bits per heavy atom. The van der Waals surface area contributed by atoms with Gasteiger partial charge in [-0.05, 0) is 53.4 Å². The van der Waals surface area contributed by atoms with Crippen LogP contribution in [-0.2, 0) is 6.42 Å². The molecule has 0 aliphatic carbocycles. The molecule has 84 valence electrons. The quantitative estimate of drug-likeness (QED) is 0.688. The van der Waals surface area contributed by atoms with Crippen molar-refractivity contribution in [3.05, 3.63) is 28.2 Å². The van der Waals surface area contributed by atoms with E-state index in [0.717, 1.165) is 10.2 Å². The minimum Gasteiger partial charge on any atom is -0.493 e. The fourth-order valence-electron chi connectivity index (χ4n) is 1.55. The van der Waals surface area contributed by atoms with E-state index in [1.165, 1.54) is 31.2 Å². The summed E-state index contributed by atoms with van der Waals surface area (Å²) in [5.74, 6) is 0.941. The van der Waals surface area contributed by atoms with E-state index in [0.29, 0.717) is 6.61 Å². The summed E-state index contributed by atoms with van der Waals surface area (Å²) in [7, 11) is 0. The van der Waals surface area contributed by atoms with E-state index in [2.05, 4.69) is 41.1 Å². The van der Waals surface area contributed by atoms with Gasteiger partial charge in [0, 0.05) is 0 Å². The summed E-state index contributed by atoms with van der Waals surface area (Å²) in [6.45, 7) is 4.95. The molecule has 0 fully saturated rings. The molecular weight excluding hydrogens is 252 g/mol. The summed E-state index contributed by atoms with van der Waals surface area (Å²) in [6.07, 6.45) is 5.03. The number of rotatable bonds is 6. The maximum absolute atomic E-state index is 5.47. The van der Waals surface area contributed by atoms with E-state index in [1.54, 1.807) is 0 Å². The molecule has 1 aromatic carbocycles. The van der Waals surface area contributed by atoms with Gasteiger partial charge in [0.2, 0.25) is 0 Å². The van der Waals surface area contributed by atoms with Gasteiger partial charge in [0.1, 0.15) is 5.75 Å². The Kier molecular flexibility index (Phi) is 5.77. The minimum atomic E-state index is 0.716. The van der Waals surface area contributed by atoms with Crippen LogP contribution in [0.15, 0.2) is 22.7 Å². The molecule has 15 heavy (non-hydrogen) atoms. The van der Waals surface area contributed by atoms with E-state index >= 15 is 0 Å². The summed E-state index contributed by atoms with van der Waals surface area (Å²) in [5, 5.41) is 0. The smallest absolute Gasteiger partial charge is 0.133 e. The van der Waals surface area contributed by atoms with Crippen molar-refractivity contribution in [1.82, 2.24) is 0 Å². The number of unbranched alkanes of at least 4 members (excludes halogenated alkanes) is 2. The zero-order valence-corrected chi connectivity index (χ0v) is 11.1. The molecule has 0 N–H and O–H groups in total. The highest BCUT2D eigenvalue weighted by Crippen LogP contribution is 2.26. The Labute approximate surface area is 101 Å². The number of hydrogen-bond donors (Lipinski definition) is 0. The third-order valence-electron chi connectivity index (χ3n) is 2.37. The molecule has 0 radical (unpaired) electrons. The molecule has 0 aromatic heterocycles. The highest BCUT2D eigenvalue weighted by molar-refractivity contribution is 9.10. The lowest BCUT2D eigenvalue weighted by atomic mass is 10.1. The second-order valence-corrected chi connectivity index (χ2v) is 4.51. The van der Waals surface area contributed by atoms with Gasteiger partial charge in [-0.3, -0.25) is 0 Å². The molecule has 0 amide bonds.